The Morgan fingerprint density at radius 2 is 2.26 bits per heavy atom. The summed E-state index contributed by atoms with van der Waals surface area (Å²) in [6, 6.07) is 6.50. The van der Waals surface area contributed by atoms with Crippen molar-refractivity contribution in [1.29, 1.82) is 0 Å². The zero-order valence-electron chi connectivity index (χ0n) is 11.9. The molecule has 0 bridgehead atoms. The van der Waals surface area contributed by atoms with E-state index in [4.69, 9.17) is 4.74 Å². The molecular weight excluding hydrogens is 240 g/mol. The van der Waals surface area contributed by atoms with Crippen LogP contribution < -0.4 is 10.1 Å². The van der Waals surface area contributed by atoms with Crippen LogP contribution in [0.2, 0.25) is 0 Å². The maximum atomic E-state index is 11.9. The van der Waals surface area contributed by atoms with Crippen molar-refractivity contribution in [3.05, 3.63) is 29.3 Å². The Hall–Kier alpha value is -1.55. The molecule has 1 aliphatic heterocycles. The first-order chi connectivity index (χ1) is 9.06. The van der Waals surface area contributed by atoms with E-state index in [1.165, 1.54) is 5.56 Å². The van der Waals surface area contributed by atoms with E-state index in [0.717, 1.165) is 24.3 Å². The highest BCUT2D eigenvalue weighted by Crippen LogP contribution is 2.26. The molecule has 0 saturated heterocycles. The van der Waals surface area contributed by atoms with Gasteiger partial charge in [-0.25, -0.2) is 0 Å². The second-order valence-electron chi connectivity index (χ2n) is 5.33. The smallest absolute Gasteiger partial charge is 0.236 e. The lowest BCUT2D eigenvalue weighted by atomic mass is 10.1. The Balaban J connectivity index is 1.91. The molecule has 2 rings (SSSR count). The number of ether oxygens (including phenoxy) is 1. The molecule has 0 radical (unpaired) electrons. The molecule has 1 aromatic rings. The van der Waals surface area contributed by atoms with Gasteiger partial charge in [0.25, 0.3) is 0 Å². The predicted molar refractivity (Wildman–Crippen MR) is 75.3 cm³/mol. The molecule has 0 aliphatic carbocycles. The Labute approximate surface area is 114 Å². The monoisotopic (exact) mass is 262 g/mol. The molecule has 0 saturated carbocycles. The van der Waals surface area contributed by atoms with Crippen molar-refractivity contribution >= 4 is 5.91 Å². The van der Waals surface area contributed by atoms with Crippen molar-refractivity contribution in [2.45, 2.75) is 32.9 Å². The van der Waals surface area contributed by atoms with Gasteiger partial charge in [-0.3, -0.25) is 4.79 Å². The third-order valence-electron chi connectivity index (χ3n) is 3.26. The zero-order chi connectivity index (χ0) is 13.8. The quantitative estimate of drug-likeness (QED) is 0.876. The number of hydrogen-bond acceptors (Lipinski definition) is 3. The molecule has 1 amide bonds. The topological polar surface area (TPSA) is 41.6 Å². The first-order valence-corrected chi connectivity index (χ1v) is 6.78. The lowest BCUT2D eigenvalue weighted by Gasteiger charge is -2.19. The Morgan fingerprint density at radius 1 is 1.47 bits per heavy atom. The van der Waals surface area contributed by atoms with Gasteiger partial charge in [0.15, 0.2) is 0 Å². The number of nitrogens with one attached hydrogen (secondary N) is 1. The van der Waals surface area contributed by atoms with Crippen molar-refractivity contribution in [1.82, 2.24) is 10.2 Å². The number of amides is 1. The molecule has 0 aromatic heterocycles. The van der Waals surface area contributed by atoms with Crippen LogP contribution in [-0.4, -0.2) is 37.0 Å². The van der Waals surface area contributed by atoms with Crippen LogP contribution in [0.4, 0.5) is 0 Å². The number of likely N-dealkylation sites (N-methyl/N-ethyl adjacent to an activating group) is 1. The Kier molecular flexibility index (Phi) is 4.43. The van der Waals surface area contributed by atoms with Crippen LogP contribution in [0.15, 0.2) is 18.2 Å². The van der Waals surface area contributed by atoms with E-state index in [1.807, 2.05) is 33.0 Å². The first kappa shape index (κ1) is 13.9. The van der Waals surface area contributed by atoms with E-state index in [-0.39, 0.29) is 5.91 Å². The highest BCUT2D eigenvalue weighted by atomic mass is 16.5. The molecule has 104 valence electrons. The zero-order valence-corrected chi connectivity index (χ0v) is 11.9. The van der Waals surface area contributed by atoms with Crippen LogP contribution in [-0.2, 0) is 17.8 Å². The van der Waals surface area contributed by atoms with Gasteiger partial charge < -0.3 is 15.0 Å². The number of carbonyl (C=O) groups excluding carboxylic acids is 1. The largest absolute Gasteiger partial charge is 0.493 e. The van der Waals surface area contributed by atoms with Crippen molar-refractivity contribution in [2.75, 3.05) is 20.2 Å². The summed E-state index contributed by atoms with van der Waals surface area (Å²) in [5.74, 6) is 1.10. The maximum Gasteiger partial charge on any atom is 0.236 e. The van der Waals surface area contributed by atoms with Gasteiger partial charge in [0, 0.05) is 26.1 Å². The summed E-state index contributed by atoms with van der Waals surface area (Å²) >= 11 is 0. The summed E-state index contributed by atoms with van der Waals surface area (Å²) in [5, 5.41) is 3.14. The number of rotatable bonds is 5. The molecule has 0 fully saturated rings. The third-order valence-corrected chi connectivity index (χ3v) is 3.26. The molecule has 0 spiro atoms. The van der Waals surface area contributed by atoms with Gasteiger partial charge in [0.1, 0.15) is 5.75 Å². The molecule has 1 N–H and O–H groups in total. The number of fused-ring (bicyclic) bond motifs is 1. The highest BCUT2D eigenvalue weighted by molar-refractivity contribution is 5.78. The molecule has 4 heteroatoms. The SMILES string of the molecule is CC(C)NCC(=O)N(C)Cc1ccc2c(c1)CCO2. The Morgan fingerprint density at radius 3 is 3.00 bits per heavy atom. The summed E-state index contributed by atoms with van der Waals surface area (Å²) in [6.07, 6.45) is 0.968. The van der Waals surface area contributed by atoms with Gasteiger partial charge in [-0.2, -0.15) is 0 Å². The lowest BCUT2D eigenvalue weighted by Crippen LogP contribution is -2.37. The molecule has 1 heterocycles. The van der Waals surface area contributed by atoms with Crippen LogP contribution in [0.1, 0.15) is 25.0 Å². The van der Waals surface area contributed by atoms with E-state index < -0.39 is 0 Å². The first-order valence-electron chi connectivity index (χ1n) is 6.78. The number of benzene rings is 1. The molecular formula is C15H22N2O2. The lowest BCUT2D eigenvalue weighted by molar-refractivity contribution is -0.129. The minimum Gasteiger partial charge on any atom is -0.493 e. The number of hydrogen-bond donors (Lipinski definition) is 1. The summed E-state index contributed by atoms with van der Waals surface area (Å²) in [4.78, 5) is 13.7. The Bertz CT molecular complexity index is 457. The second kappa shape index (κ2) is 6.06. The fourth-order valence-electron chi connectivity index (χ4n) is 2.13. The highest BCUT2D eigenvalue weighted by Gasteiger charge is 2.14. The predicted octanol–water partition coefficient (Wildman–Crippen LogP) is 1.58. The second-order valence-corrected chi connectivity index (χ2v) is 5.33. The van der Waals surface area contributed by atoms with Gasteiger partial charge in [-0.1, -0.05) is 26.0 Å². The average molecular weight is 262 g/mol. The van der Waals surface area contributed by atoms with Crippen LogP contribution in [0.25, 0.3) is 0 Å². The number of nitrogens with zero attached hydrogens (tertiary/aromatic N) is 1. The van der Waals surface area contributed by atoms with E-state index in [0.29, 0.717) is 19.1 Å². The molecule has 19 heavy (non-hydrogen) atoms. The fourth-order valence-corrected chi connectivity index (χ4v) is 2.13. The van der Waals surface area contributed by atoms with Crippen LogP contribution in [0.3, 0.4) is 0 Å². The summed E-state index contributed by atoms with van der Waals surface area (Å²) in [7, 11) is 1.84. The standard InChI is InChI=1S/C15H22N2O2/c1-11(2)16-9-15(18)17(3)10-12-4-5-14-13(8-12)6-7-19-14/h4-5,8,11,16H,6-7,9-10H2,1-3H3. The van der Waals surface area contributed by atoms with Crippen LogP contribution in [0, 0.1) is 0 Å². The van der Waals surface area contributed by atoms with E-state index >= 15 is 0 Å². The average Bonchev–Trinajstić information content (AvgIpc) is 2.83. The third kappa shape index (κ3) is 3.70. The maximum absolute atomic E-state index is 11.9. The van der Waals surface area contributed by atoms with Gasteiger partial charge in [-0.05, 0) is 17.2 Å². The molecule has 1 aliphatic rings. The van der Waals surface area contributed by atoms with E-state index in [9.17, 15) is 4.79 Å². The molecule has 0 unspecified atom stereocenters. The normalized spacial score (nSPS) is 13.3. The summed E-state index contributed by atoms with van der Waals surface area (Å²) < 4.78 is 5.48. The van der Waals surface area contributed by atoms with Crippen molar-refractivity contribution in [2.24, 2.45) is 0 Å². The van der Waals surface area contributed by atoms with E-state index in [2.05, 4.69) is 11.4 Å². The van der Waals surface area contributed by atoms with Crippen LogP contribution in [0.5, 0.6) is 5.75 Å². The van der Waals surface area contributed by atoms with Gasteiger partial charge in [-0.15, -0.1) is 0 Å². The van der Waals surface area contributed by atoms with Crippen molar-refractivity contribution in [3.63, 3.8) is 0 Å². The van der Waals surface area contributed by atoms with Crippen LogP contribution >= 0.6 is 0 Å². The van der Waals surface area contributed by atoms with Gasteiger partial charge >= 0.3 is 0 Å². The molecule has 0 atom stereocenters. The minimum atomic E-state index is 0.116. The van der Waals surface area contributed by atoms with Crippen molar-refractivity contribution in [3.8, 4) is 5.75 Å². The van der Waals surface area contributed by atoms with Crippen molar-refractivity contribution < 1.29 is 9.53 Å². The number of carbonyl (C=O) groups is 1. The summed E-state index contributed by atoms with van der Waals surface area (Å²) in [5.41, 5.74) is 2.41. The minimum absolute atomic E-state index is 0.116. The molecule has 1 aromatic carbocycles. The fraction of sp³-hybridized carbons (Fsp3) is 0.533. The van der Waals surface area contributed by atoms with Gasteiger partial charge in [0.05, 0.1) is 13.2 Å². The summed E-state index contributed by atoms with van der Waals surface area (Å²) in [6.45, 7) is 5.88. The van der Waals surface area contributed by atoms with E-state index in [1.54, 1.807) is 4.90 Å². The van der Waals surface area contributed by atoms with Gasteiger partial charge in [0.2, 0.25) is 5.91 Å². The molecule has 4 nitrogen and oxygen atoms in total.